The average molecular weight is 359 g/mol. The van der Waals surface area contributed by atoms with Gasteiger partial charge in [0.05, 0.1) is 13.2 Å². The van der Waals surface area contributed by atoms with Gasteiger partial charge in [-0.2, -0.15) is 0 Å². The molecule has 3 rings (SSSR count). The number of ether oxygens (including phenoxy) is 1. The molecule has 140 valence electrons. The molecular weight excluding hydrogens is 334 g/mol. The molecule has 0 aromatic heterocycles. The number of carbonyl (C=O) groups excluding carboxylic acids is 3. The van der Waals surface area contributed by atoms with Crippen molar-refractivity contribution in [2.75, 3.05) is 19.0 Å². The minimum atomic E-state index is -0.484. The van der Waals surface area contributed by atoms with Crippen molar-refractivity contribution in [3.63, 3.8) is 0 Å². The molecule has 2 fully saturated rings. The largest absolute Gasteiger partial charge is 0.453 e. The van der Waals surface area contributed by atoms with Gasteiger partial charge in [-0.25, -0.2) is 4.79 Å². The Morgan fingerprint density at radius 3 is 2.42 bits per heavy atom. The van der Waals surface area contributed by atoms with Gasteiger partial charge in [-0.3, -0.25) is 14.5 Å². The molecule has 0 spiro atoms. The quantitative estimate of drug-likeness (QED) is 0.845. The highest BCUT2D eigenvalue weighted by Gasteiger charge is 2.35. The maximum atomic E-state index is 12.5. The van der Waals surface area contributed by atoms with Gasteiger partial charge >= 0.3 is 6.09 Å². The highest BCUT2D eigenvalue weighted by atomic mass is 16.5. The minimum Gasteiger partial charge on any atom is -0.453 e. The number of hydrogen-bond donors (Lipinski definition) is 2. The Labute approximate surface area is 153 Å². The van der Waals surface area contributed by atoms with Crippen LogP contribution in [-0.4, -0.2) is 42.5 Å². The van der Waals surface area contributed by atoms with Crippen molar-refractivity contribution < 1.29 is 19.1 Å². The number of amides is 3. The van der Waals surface area contributed by atoms with Crippen LogP contribution in [0.2, 0.25) is 0 Å². The zero-order valence-corrected chi connectivity index (χ0v) is 15.2. The smallest absolute Gasteiger partial charge is 0.410 e. The van der Waals surface area contributed by atoms with Crippen molar-refractivity contribution in [2.45, 2.75) is 44.7 Å². The minimum absolute atomic E-state index is 0.0724. The second kappa shape index (κ2) is 7.76. The van der Waals surface area contributed by atoms with E-state index in [4.69, 9.17) is 4.74 Å². The Morgan fingerprint density at radius 2 is 1.81 bits per heavy atom. The van der Waals surface area contributed by atoms with E-state index in [1.165, 1.54) is 12.0 Å². The normalized spacial score (nSPS) is 20.4. The molecular formula is C19H25N3O4. The zero-order chi connectivity index (χ0) is 18.7. The van der Waals surface area contributed by atoms with E-state index < -0.39 is 12.1 Å². The van der Waals surface area contributed by atoms with E-state index in [0.29, 0.717) is 13.0 Å². The fourth-order valence-corrected chi connectivity index (χ4v) is 3.21. The molecule has 1 heterocycles. The monoisotopic (exact) mass is 359 g/mol. The SMILES string of the molecule is COC(=O)N1CCC[C@H]1C(=O)N[C@H](C)c1ccc(NC(=O)C2CC2)cc1. The Morgan fingerprint density at radius 1 is 1.12 bits per heavy atom. The molecule has 2 aliphatic rings. The maximum absolute atomic E-state index is 12.5. The van der Waals surface area contributed by atoms with Crippen LogP contribution in [0.3, 0.4) is 0 Å². The lowest BCUT2D eigenvalue weighted by Gasteiger charge is -2.24. The molecule has 0 bridgehead atoms. The molecule has 26 heavy (non-hydrogen) atoms. The summed E-state index contributed by atoms with van der Waals surface area (Å²) in [6.07, 6.45) is 2.90. The second-order valence-corrected chi connectivity index (χ2v) is 6.94. The lowest BCUT2D eigenvalue weighted by atomic mass is 10.1. The van der Waals surface area contributed by atoms with Gasteiger partial charge < -0.3 is 15.4 Å². The fourth-order valence-electron chi connectivity index (χ4n) is 3.21. The first-order valence-corrected chi connectivity index (χ1v) is 9.05. The Kier molecular flexibility index (Phi) is 5.44. The molecule has 1 aliphatic heterocycles. The first-order valence-electron chi connectivity index (χ1n) is 9.05. The van der Waals surface area contributed by atoms with Gasteiger partial charge in [0.15, 0.2) is 0 Å². The first kappa shape index (κ1) is 18.2. The number of hydrogen-bond acceptors (Lipinski definition) is 4. The van der Waals surface area contributed by atoms with Crippen LogP contribution < -0.4 is 10.6 Å². The van der Waals surface area contributed by atoms with Crippen molar-refractivity contribution in [3.8, 4) is 0 Å². The van der Waals surface area contributed by atoms with Gasteiger partial charge in [-0.1, -0.05) is 12.1 Å². The molecule has 2 atom stereocenters. The number of likely N-dealkylation sites (tertiary alicyclic amines) is 1. The molecule has 1 aliphatic carbocycles. The number of nitrogens with one attached hydrogen (secondary N) is 2. The van der Waals surface area contributed by atoms with Gasteiger partial charge in [0, 0.05) is 18.2 Å². The molecule has 1 aromatic carbocycles. The molecule has 1 aromatic rings. The summed E-state index contributed by atoms with van der Waals surface area (Å²) in [7, 11) is 1.32. The van der Waals surface area contributed by atoms with E-state index in [0.717, 1.165) is 30.5 Å². The predicted octanol–water partition coefficient (Wildman–Crippen LogP) is 2.44. The van der Waals surface area contributed by atoms with E-state index in [9.17, 15) is 14.4 Å². The summed E-state index contributed by atoms with van der Waals surface area (Å²) < 4.78 is 4.74. The number of nitrogens with zero attached hydrogens (tertiary/aromatic N) is 1. The molecule has 1 saturated carbocycles. The van der Waals surface area contributed by atoms with Crippen LogP contribution in [0.25, 0.3) is 0 Å². The van der Waals surface area contributed by atoms with Crippen LogP contribution in [0, 0.1) is 5.92 Å². The Balaban J connectivity index is 1.56. The van der Waals surface area contributed by atoms with E-state index in [1.54, 1.807) is 0 Å². The van der Waals surface area contributed by atoms with E-state index in [1.807, 2.05) is 31.2 Å². The van der Waals surface area contributed by atoms with E-state index >= 15 is 0 Å². The first-order chi connectivity index (χ1) is 12.5. The maximum Gasteiger partial charge on any atom is 0.410 e. The third-order valence-corrected chi connectivity index (χ3v) is 4.95. The van der Waals surface area contributed by atoms with Gasteiger partial charge in [0.25, 0.3) is 0 Å². The van der Waals surface area contributed by atoms with Gasteiger partial charge in [0.2, 0.25) is 11.8 Å². The lowest BCUT2D eigenvalue weighted by Crippen LogP contribution is -2.46. The van der Waals surface area contributed by atoms with Gasteiger partial charge in [-0.05, 0) is 50.3 Å². The van der Waals surface area contributed by atoms with Crippen molar-refractivity contribution in [1.82, 2.24) is 10.2 Å². The molecule has 7 heteroatoms. The van der Waals surface area contributed by atoms with Crippen molar-refractivity contribution in [2.24, 2.45) is 5.92 Å². The average Bonchev–Trinajstić information content (AvgIpc) is 3.38. The zero-order valence-electron chi connectivity index (χ0n) is 15.2. The summed E-state index contributed by atoms with van der Waals surface area (Å²) in [5, 5.41) is 5.86. The lowest BCUT2D eigenvalue weighted by molar-refractivity contribution is -0.125. The second-order valence-electron chi connectivity index (χ2n) is 6.94. The fraction of sp³-hybridized carbons (Fsp3) is 0.526. The van der Waals surface area contributed by atoms with E-state index in [-0.39, 0.29) is 23.8 Å². The number of methoxy groups -OCH3 is 1. The highest BCUT2D eigenvalue weighted by Crippen LogP contribution is 2.30. The van der Waals surface area contributed by atoms with Crippen molar-refractivity contribution >= 4 is 23.6 Å². The summed E-state index contributed by atoms with van der Waals surface area (Å²) in [4.78, 5) is 37.5. The van der Waals surface area contributed by atoms with Crippen molar-refractivity contribution in [1.29, 1.82) is 0 Å². The molecule has 0 unspecified atom stereocenters. The predicted molar refractivity (Wildman–Crippen MR) is 96.5 cm³/mol. The number of rotatable bonds is 5. The summed E-state index contributed by atoms with van der Waals surface area (Å²) in [6, 6.07) is 6.78. The van der Waals surface area contributed by atoms with Crippen LogP contribution in [0.1, 0.15) is 44.2 Å². The molecule has 2 N–H and O–H groups in total. The van der Waals surface area contributed by atoms with Gasteiger partial charge in [-0.15, -0.1) is 0 Å². The number of anilines is 1. The third kappa shape index (κ3) is 4.15. The topological polar surface area (TPSA) is 87.7 Å². The van der Waals surface area contributed by atoms with Crippen LogP contribution in [0.15, 0.2) is 24.3 Å². The summed E-state index contributed by atoms with van der Waals surface area (Å²) in [5.41, 5.74) is 1.70. The Hall–Kier alpha value is -2.57. The van der Waals surface area contributed by atoms with E-state index in [2.05, 4.69) is 10.6 Å². The molecule has 7 nitrogen and oxygen atoms in total. The van der Waals surface area contributed by atoms with Crippen LogP contribution in [-0.2, 0) is 14.3 Å². The standard InChI is InChI=1S/C19H25N3O4/c1-12(20-18(24)16-4-3-11-22(16)19(25)26-2)13-7-9-15(10-8-13)21-17(23)14-5-6-14/h7-10,12,14,16H,3-6,11H2,1-2H3,(H,20,24)(H,21,23)/t12-,16+/m1/s1. The van der Waals surface area contributed by atoms with Crippen molar-refractivity contribution in [3.05, 3.63) is 29.8 Å². The van der Waals surface area contributed by atoms with Gasteiger partial charge in [0.1, 0.15) is 6.04 Å². The molecule has 3 amide bonds. The number of benzene rings is 1. The number of carbonyl (C=O) groups is 3. The molecule has 1 saturated heterocycles. The van der Waals surface area contributed by atoms with Crippen LogP contribution >= 0.6 is 0 Å². The molecule has 0 radical (unpaired) electrons. The third-order valence-electron chi connectivity index (χ3n) is 4.95. The summed E-state index contributed by atoms with van der Waals surface area (Å²) >= 11 is 0. The van der Waals surface area contributed by atoms with Crippen LogP contribution in [0.4, 0.5) is 10.5 Å². The summed E-state index contributed by atoms with van der Waals surface area (Å²) in [6.45, 7) is 2.43. The van der Waals surface area contributed by atoms with Crippen LogP contribution in [0.5, 0.6) is 0 Å². The summed E-state index contributed by atoms with van der Waals surface area (Å²) in [5.74, 6) is 0.0619. The Bertz CT molecular complexity index is 685. The highest BCUT2D eigenvalue weighted by molar-refractivity contribution is 5.94.